The molecule has 3 heterocycles. The van der Waals surface area contributed by atoms with Gasteiger partial charge in [0.05, 0.1) is 20.9 Å². The second-order valence-corrected chi connectivity index (χ2v) is 9.20. The lowest BCUT2D eigenvalue weighted by Crippen LogP contribution is -2.37. The van der Waals surface area contributed by atoms with Crippen molar-refractivity contribution in [1.29, 1.82) is 0 Å². The highest BCUT2D eigenvalue weighted by Gasteiger charge is 2.23. The molecule has 0 spiro atoms. The van der Waals surface area contributed by atoms with Crippen molar-refractivity contribution in [3.8, 4) is 22.4 Å². The number of carbonyl (C=O) groups excluding carboxylic acids is 1. The van der Waals surface area contributed by atoms with Crippen LogP contribution in [0, 0.1) is 12.8 Å². The summed E-state index contributed by atoms with van der Waals surface area (Å²) in [4.78, 5) is 30.2. The van der Waals surface area contributed by atoms with Crippen LogP contribution in [0.25, 0.3) is 32.6 Å². The third kappa shape index (κ3) is 4.51. The molecule has 0 aliphatic rings. The molecular formula is C24H25N5O2S. The van der Waals surface area contributed by atoms with E-state index in [-0.39, 0.29) is 5.92 Å². The summed E-state index contributed by atoms with van der Waals surface area (Å²) < 4.78 is 6.54. The third-order valence-electron chi connectivity index (χ3n) is 5.19. The summed E-state index contributed by atoms with van der Waals surface area (Å²) in [5.41, 5.74) is 10.5. The quantitative estimate of drug-likeness (QED) is 0.427. The van der Waals surface area contributed by atoms with Crippen molar-refractivity contribution in [1.82, 2.24) is 19.9 Å². The van der Waals surface area contributed by atoms with Gasteiger partial charge in [-0.3, -0.25) is 9.78 Å². The summed E-state index contributed by atoms with van der Waals surface area (Å²) in [5, 5.41) is 0.996. The number of thiazole rings is 1. The van der Waals surface area contributed by atoms with Crippen LogP contribution < -0.4 is 5.73 Å². The van der Waals surface area contributed by atoms with E-state index in [0.29, 0.717) is 5.82 Å². The molecule has 0 saturated heterocycles. The fourth-order valence-corrected chi connectivity index (χ4v) is 4.22. The van der Waals surface area contributed by atoms with Crippen molar-refractivity contribution in [3.63, 3.8) is 0 Å². The standard InChI is InChI=1S/C24H25N5O2S/c1-13(2)21(25)24(30)31-14(3)23-27-11-17(12-28-23)16-9-18(19-7-5-6-8-26-19)22-20(10-16)29-15(4)32-22/h5-14,21H,25H2,1-4H3. The van der Waals surface area contributed by atoms with Crippen LogP contribution in [0.4, 0.5) is 0 Å². The first-order valence-corrected chi connectivity index (χ1v) is 11.3. The number of ether oxygens (including phenoxy) is 1. The summed E-state index contributed by atoms with van der Waals surface area (Å²) in [5.74, 6) is -0.0336. The van der Waals surface area contributed by atoms with Gasteiger partial charge in [-0.25, -0.2) is 15.0 Å². The van der Waals surface area contributed by atoms with E-state index in [1.165, 1.54) is 0 Å². The van der Waals surface area contributed by atoms with E-state index in [1.54, 1.807) is 36.9 Å². The predicted octanol–water partition coefficient (Wildman–Crippen LogP) is 4.71. The molecule has 0 saturated carbocycles. The number of hydrogen-bond acceptors (Lipinski definition) is 8. The molecule has 164 valence electrons. The van der Waals surface area contributed by atoms with E-state index in [1.807, 2.05) is 45.0 Å². The van der Waals surface area contributed by atoms with Crippen molar-refractivity contribution in [3.05, 3.63) is 59.8 Å². The number of benzene rings is 1. The topological polar surface area (TPSA) is 104 Å². The van der Waals surface area contributed by atoms with Crippen molar-refractivity contribution < 1.29 is 9.53 Å². The Morgan fingerprint density at radius 3 is 2.47 bits per heavy atom. The van der Waals surface area contributed by atoms with Crippen LogP contribution in [-0.4, -0.2) is 31.9 Å². The average Bonchev–Trinajstić information content (AvgIpc) is 3.18. The average molecular weight is 448 g/mol. The number of rotatable bonds is 6. The van der Waals surface area contributed by atoms with Crippen molar-refractivity contribution in [2.24, 2.45) is 11.7 Å². The molecule has 8 heteroatoms. The van der Waals surface area contributed by atoms with E-state index in [9.17, 15) is 4.79 Å². The van der Waals surface area contributed by atoms with Crippen LogP contribution in [0.3, 0.4) is 0 Å². The van der Waals surface area contributed by atoms with Gasteiger partial charge in [-0.1, -0.05) is 19.9 Å². The van der Waals surface area contributed by atoms with Gasteiger partial charge in [0, 0.05) is 29.7 Å². The van der Waals surface area contributed by atoms with Gasteiger partial charge in [0.25, 0.3) is 0 Å². The minimum Gasteiger partial charge on any atom is -0.453 e. The van der Waals surface area contributed by atoms with Crippen LogP contribution in [0.15, 0.2) is 48.9 Å². The van der Waals surface area contributed by atoms with Gasteiger partial charge in [0.1, 0.15) is 6.04 Å². The van der Waals surface area contributed by atoms with Gasteiger partial charge in [0.2, 0.25) is 0 Å². The number of nitrogens with two attached hydrogens (primary N) is 1. The Labute approximate surface area is 190 Å². The molecule has 2 atom stereocenters. The minimum absolute atomic E-state index is 0.00411. The maximum atomic E-state index is 12.1. The second-order valence-electron chi connectivity index (χ2n) is 8.00. The molecule has 0 fully saturated rings. The first kappa shape index (κ1) is 22.0. The fraction of sp³-hybridized carbons (Fsp3) is 0.292. The smallest absolute Gasteiger partial charge is 0.323 e. The molecule has 4 rings (SSSR count). The Kier molecular flexibility index (Phi) is 6.25. The maximum Gasteiger partial charge on any atom is 0.323 e. The molecule has 0 bridgehead atoms. The lowest BCUT2D eigenvalue weighted by molar-refractivity contribution is -0.151. The molecule has 0 radical (unpaired) electrons. The normalized spacial score (nSPS) is 13.3. The maximum absolute atomic E-state index is 12.1. The fourth-order valence-electron chi connectivity index (χ4n) is 3.30. The molecule has 2 N–H and O–H groups in total. The van der Waals surface area contributed by atoms with Crippen LogP contribution in [0.1, 0.15) is 37.7 Å². The summed E-state index contributed by atoms with van der Waals surface area (Å²) in [6.45, 7) is 7.49. The number of pyridine rings is 1. The zero-order valence-electron chi connectivity index (χ0n) is 18.4. The molecule has 7 nitrogen and oxygen atoms in total. The zero-order chi connectivity index (χ0) is 22.8. The van der Waals surface area contributed by atoms with Crippen molar-refractivity contribution >= 4 is 27.5 Å². The van der Waals surface area contributed by atoms with Crippen molar-refractivity contribution in [2.75, 3.05) is 0 Å². The summed E-state index contributed by atoms with van der Waals surface area (Å²) >= 11 is 1.65. The van der Waals surface area contributed by atoms with Gasteiger partial charge in [-0.15, -0.1) is 11.3 Å². The van der Waals surface area contributed by atoms with Crippen LogP contribution in [0.2, 0.25) is 0 Å². The van der Waals surface area contributed by atoms with Crippen molar-refractivity contribution in [2.45, 2.75) is 39.8 Å². The van der Waals surface area contributed by atoms with E-state index >= 15 is 0 Å². The van der Waals surface area contributed by atoms with E-state index in [0.717, 1.165) is 37.6 Å². The lowest BCUT2D eigenvalue weighted by Gasteiger charge is -2.18. The molecular weight excluding hydrogens is 422 g/mol. The molecule has 0 amide bonds. The molecule has 32 heavy (non-hydrogen) atoms. The summed E-state index contributed by atoms with van der Waals surface area (Å²) in [7, 11) is 0. The van der Waals surface area contributed by atoms with Gasteiger partial charge in [-0.2, -0.15) is 0 Å². The Bertz CT molecular complexity index is 1240. The SMILES string of the molecule is Cc1nc2cc(-c3cnc(C(C)OC(=O)C(N)C(C)C)nc3)cc(-c3ccccn3)c2s1. The molecule has 0 aliphatic heterocycles. The Hall–Kier alpha value is -3.23. The first-order chi connectivity index (χ1) is 15.3. The molecule has 1 aromatic carbocycles. The largest absolute Gasteiger partial charge is 0.453 e. The molecule has 3 aromatic heterocycles. The molecule has 2 unspecified atom stereocenters. The highest BCUT2D eigenvalue weighted by Crippen LogP contribution is 2.36. The third-order valence-corrected chi connectivity index (χ3v) is 6.21. The van der Waals surface area contributed by atoms with Gasteiger partial charge < -0.3 is 10.5 Å². The summed E-state index contributed by atoms with van der Waals surface area (Å²) in [6, 6.07) is 9.32. The number of fused-ring (bicyclic) bond motifs is 1. The van der Waals surface area contributed by atoms with E-state index in [4.69, 9.17) is 10.5 Å². The van der Waals surface area contributed by atoms with Gasteiger partial charge in [-0.05, 0) is 49.6 Å². The Balaban J connectivity index is 1.64. The van der Waals surface area contributed by atoms with Crippen LogP contribution in [-0.2, 0) is 9.53 Å². The molecule has 4 aromatic rings. The highest BCUT2D eigenvalue weighted by molar-refractivity contribution is 7.19. The summed E-state index contributed by atoms with van der Waals surface area (Å²) in [6.07, 6.45) is 4.66. The van der Waals surface area contributed by atoms with Crippen LogP contribution in [0.5, 0.6) is 0 Å². The van der Waals surface area contributed by atoms with Gasteiger partial charge >= 0.3 is 5.97 Å². The monoisotopic (exact) mass is 447 g/mol. The van der Waals surface area contributed by atoms with Gasteiger partial charge in [0.15, 0.2) is 11.9 Å². The number of carbonyl (C=O) groups is 1. The Morgan fingerprint density at radius 1 is 1.06 bits per heavy atom. The number of hydrogen-bond donors (Lipinski definition) is 1. The first-order valence-electron chi connectivity index (χ1n) is 10.4. The Morgan fingerprint density at radius 2 is 1.81 bits per heavy atom. The van der Waals surface area contributed by atoms with E-state index < -0.39 is 18.1 Å². The number of esters is 1. The van der Waals surface area contributed by atoms with Crippen LogP contribution >= 0.6 is 11.3 Å². The lowest BCUT2D eigenvalue weighted by atomic mass is 10.0. The number of aromatic nitrogens is 4. The number of aryl methyl sites for hydroxylation is 1. The zero-order valence-corrected chi connectivity index (χ0v) is 19.3. The van der Waals surface area contributed by atoms with E-state index in [2.05, 4.69) is 26.0 Å². The second kappa shape index (κ2) is 9.10. The highest BCUT2D eigenvalue weighted by atomic mass is 32.1. The minimum atomic E-state index is -0.671. The molecule has 0 aliphatic carbocycles. The predicted molar refractivity (Wildman–Crippen MR) is 126 cm³/mol. The number of nitrogens with zero attached hydrogens (tertiary/aromatic N) is 4.